The molecule has 1 aliphatic heterocycles. The summed E-state index contributed by atoms with van der Waals surface area (Å²) in [6.07, 6.45) is 1.20. The molecule has 3 heteroatoms. The molecule has 1 rings (SSSR count). The van der Waals surface area contributed by atoms with Crippen LogP contribution in [0.5, 0.6) is 0 Å². The van der Waals surface area contributed by atoms with E-state index in [9.17, 15) is 0 Å². The lowest BCUT2D eigenvalue weighted by atomic mass is 10.0. The summed E-state index contributed by atoms with van der Waals surface area (Å²) in [5, 5.41) is 3.58. The first-order valence-corrected chi connectivity index (χ1v) is 6.35. The van der Waals surface area contributed by atoms with Crippen LogP contribution in [0.1, 0.15) is 27.2 Å². The number of hydrogen-bond donors (Lipinski definition) is 1. The average molecular weight is 214 g/mol. The zero-order chi connectivity index (χ0) is 11.1. The quantitative estimate of drug-likeness (QED) is 0.692. The van der Waals surface area contributed by atoms with Crippen LogP contribution in [0.25, 0.3) is 0 Å². The molecular weight excluding hydrogens is 188 g/mol. The first-order chi connectivity index (χ1) is 7.31. The van der Waals surface area contributed by atoms with Crippen molar-refractivity contribution in [2.45, 2.75) is 33.2 Å². The molecule has 90 valence electrons. The fourth-order valence-corrected chi connectivity index (χ4v) is 2.15. The molecule has 0 aromatic carbocycles. The van der Waals surface area contributed by atoms with Crippen molar-refractivity contribution in [1.29, 1.82) is 0 Å². The molecule has 1 fully saturated rings. The summed E-state index contributed by atoms with van der Waals surface area (Å²) in [5.74, 6) is 0.677. The highest BCUT2D eigenvalue weighted by molar-refractivity contribution is 4.83. The smallest absolute Gasteiger partial charge is 0.0623 e. The van der Waals surface area contributed by atoms with Gasteiger partial charge in [0.25, 0.3) is 0 Å². The van der Waals surface area contributed by atoms with Gasteiger partial charge in [0.05, 0.1) is 13.2 Å². The van der Waals surface area contributed by atoms with Crippen LogP contribution in [0.3, 0.4) is 0 Å². The van der Waals surface area contributed by atoms with Crippen molar-refractivity contribution < 1.29 is 4.74 Å². The van der Waals surface area contributed by atoms with Gasteiger partial charge in [-0.2, -0.15) is 0 Å². The minimum Gasteiger partial charge on any atom is -0.379 e. The molecule has 1 heterocycles. The van der Waals surface area contributed by atoms with E-state index in [2.05, 4.69) is 31.0 Å². The average Bonchev–Trinajstić information content (AvgIpc) is 2.70. The van der Waals surface area contributed by atoms with Crippen molar-refractivity contribution in [2.24, 2.45) is 5.92 Å². The van der Waals surface area contributed by atoms with Crippen LogP contribution in [0.2, 0.25) is 0 Å². The van der Waals surface area contributed by atoms with Crippen LogP contribution in [0, 0.1) is 5.92 Å². The highest BCUT2D eigenvalue weighted by atomic mass is 16.5. The van der Waals surface area contributed by atoms with Gasteiger partial charge in [-0.3, -0.25) is 0 Å². The Morgan fingerprint density at radius 2 is 1.93 bits per heavy atom. The number of hydrogen-bond acceptors (Lipinski definition) is 3. The van der Waals surface area contributed by atoms with Gasteiger partial charge in [-0.1, -0.05) is 20.8 Å². The van der Waals surface area contributed by atoms with Gasteiger partial charge in [-0.05, 0) is 26.1 Å². The van der Waals surface area contributed by atoms with E-state index in [0.717, 1.165) is 32.8 Å². The van der Waals surface area contributed by atoms with Crippen LogP contribution in [0.15, 0.2) is 0 Å². The Balaban J connectivity index is 2.31. The zero-order valence-electron chi connectivity index (χ0n) is 10.5. The van der Waals surface area contributed by atoms with Gasteiger partial charge in [-0.25, -0.2) is 0 Å². The van der Waals surface area contributed by atoms with Crippen LogP contribution >= 0.6 is 0 Å². The topological polar surface area (TPSA) is 24.5 Å². The molecule has 15 heavy (non-hydrogen) atoms. The lowest BCUT2D eigenvalue weighted by Gasteiger charge is -2.25. The predicted molar refractivity (Wildman–Crippen MR) is 64.2 cm³/mol. The molecule has 1 aliphatic rings. The Morgan fingerprint density at radius 3 is 2.53 bits per heavy atom. The largest absolute Gasteiger partial charge is 0.379 e. The second kappa shape index (κ2) is 7.20. The van der Waals surface area contributed by atoms with Crippen LogP contribution in [0.4, 0.5) is 0 Å². The van der Waals surface area contributed by atoms with Crippen LogP contribution in [-0.2, 0) is 4.74 Å². The molecular formula is C12H26N2O. The molecule has 0 spiro atoms. The van der Waals surface area contributed by atoms with Crippen LogP contribution in [-0.4, -0.2) is 50.3 Å². The Hall–Kier alpha value is -0.120. The number of nitrogens with one attached hydrogen (secondary N) is 1. The molecule has 3 nitrogen and oxygen atoms in total. The summed E-state index contributed by atoms with van der Waals surface area (Å²) in [6, 6.07) is 0.575. The van der Waals surface area contributed by atoms with Gasteiger partial charge in [-0.15, -0.1) is 0 Å². The number of ether oxygens (including phenoxy) is 1. The third kappa shape index (κ3) is 4.09. The van der Waals surface area contributed by atoms with E-state index < -0.39 is 0 Å². The molecule has 0 aromatic rings. The first-order valence-electron chi connectivity index (χ1n) is 6.35. The van der Waals surface area contributed by atoms with Crippen molar-refractivity contribution >= 4 is 0 Å². The molecule has 0 saturated carbocycles. The minimum absolute atomic E-state index is 0.575. The van der Waals surface area contributed by atoms with E-state index in [1.807, 2.05) is 0 Å². The summed E-state index contributed by atoms with van der Waals surface area (Å²) >= 11 is 0. The van der Waals surface area contributed by atoms with Gasteiger partial charge in [0, 0.05) is 18.5 Å². The van der Waals surface area contributed by atoms with Gasteiger partial charge < -0.3 is 15.0 Å². The summed E-state index contributed by atoms with van der Waals surface area (Å²) in [7, 11) is 0. The van der Waals surface area contributed by atoms with Gasteiger partial charge in [0.1, 0.15) is 0 Å². The van der Waals surface area contributed by atoms with Crippen molar-refractivity contribution in [3.8, 4) is 0 Å². The summed E-state index contributed by atoms with van der Waals surface area (Å²) in [4.78, 5) is 2.49. The van der Waals surface area contributed by atoms with Crippen molar-refractivity contribution in [3.05, 3.63) is 0 Å². The van der Waals surface area contributed by atoms with E-state index in [0.29, 0.717) is 12.0 Å². The molecule has 0 bridgehead atoms. The Labute approximate surface area is 94.2 Å². The van der Waals surface area contributed by atoms with Gasteiger partial charge in [0.2, 0.25) is 0 Å². The maximum Gasteiger partial charge on any atom is 0.0623 e. The van der Waals surface area contributed by atoms with Crippen molar-refractivity contribution in [1.82, 2.24) is 10.2 Å². The molecule has 2 atom stereocenters. The predicted octanol–water partition coefficient (Wildman–Crippen LogP) is 1.34. The third-order valence-electron chi connectivity index (χ3n) is 3.24. The molecule has 1 saturated heterocycles. The van der Waals surface area contributed by atoms with Gasteiger partial charge >= 0.3 is 0 Å². The lowest BCUT2D eigenvalue weighted by Crippen LogP contribution is -2.42. The van der Waals surface area contributed by atoms with E-state index in [4.69, 9.17) is 4.74 Å². The maximum absolute atomic E-state index is 5.57. The number of rotatable bonds is 7. The molecule has 0 aromatic heterocycles. The lowest BCUT2D eigenvalue weighted by molar-refractivity contribution is 0.170. The van der Waals surface area contributed by atoms with Gasteiger partial charge in [0.15, 0.2) is 0 Å². The third-order valence-corrected chi connectivity index (χ3v) is 3.24. The van der Waals surface area contributed by atoms with E-state index in [-0.39, 0.29) is 0 Å². The minimum atomic E-state index is 0.575. The molecule has 1 N–H and O–H groups in total. The molecule has 0 aliphatic carbocycles. The summed E-state index contributed by atoms with van der Waals surface area (Å²) in [6.45, 7) is 13.1. The van der Waals surface area contributed by atoms with E-state index >= 15 is 0 Å². The summed E-state index contributed by atoms with van der Waals surface area (Å²) < 4.78 is 5.57. The zero-order valence-corrected chi connectivity index (χ0v) is 10.5. The normalized spacial score (nSPS) is 26.4. The number of nitrogens with zero attached hydrogens (tertiary/aromatic N) is 1. The van der Waals surface area contributed by atoms with Crippen molar-refractivity contribution in [2.75, 3.05) is 39.4 Å². The molecule has 0 radical (unpaired) electrons. The fraction of sp³-hybridized carbons (Fsp3) is 1.00. The molecule has 2 unspecified atom stereocenters. The Kier molecular flexibility index (Phi) is 6.22. The van der Waals surface area contributed by atoms with E-state index in [1.54, 1.807) is 0 Å². The maximum atomic E-state index is 5.57. The van der Waals surface area contributed by atoms with Crippen molar-refractivity contribution in [3.63, 3.8) is 0 Å². The first kappa shape index (κ1) is 12.9. The fourth-order valence-electron chi connectivity index (χ4n) is 2.15. The standard InChI is InChI=1S/C12H26N2O/c1-4-7-13-12-10-15-9-11(12)8-14(5-2)6-3/h11-13H,4-10H2,1-3H3. The summed E-state index contributed by atoms with van der Waals surface area (Å²) in [5.41, 5.74) is 0. The Morgan fingerprint density at radius 1 is 1.20 bits per heavy atom. The second-order valence-electron chi connectivity index (χ2n) is 4.34. The highest BCUT2D eigenvalue weighted by Crippen LogP contribution is 2.15. The SMILES string of the molecule is CCCNC1COCC1CN(CC)CC. The molecule has 0 amide bonds. The van der Waals surface area contributed by atoms with E-state index in [1.165, 1.54) is 13.0 Å². The monoisotopic (exact) mass is 214 g/mol. The second-order valence-corrected chi connectivity index (χ2v) is 4.34. The Bertz CT molecular complexity index is 160. The van der Waals surface area contributed by atoms with Crippen LogP contribution < -0.4 is 5.32 Å². The highest BCUT2D eigenvalue weighted by Gasteiger charge is 2.28.